The second kappa shape index (κ2) is 6.58. The largest absolute Gasteiger partial charge is 0.233 e. The van der Waals surface area contributed by atoms with Gasteiger partial charge in [0.1, 0.15) is 0 Å². The Hall–Kier alpha value is 0.460. The van der Waals surface area contributed by atoms with Gasteiger partial charge in [-0.15, -0.1) is 28.2 Å². The molecular formula is C4H9Cl2NO2. The third-order valence-corrected chi connectivity index (χ3v) is 1.12. The van der Waals surface area contributed by atoms with Crippen LogP contribution in [0.2, 0.25) is 0 Å². The third kappa shape index (κ3) is 4.93. The van der Waals surface area contributed by atoms with Crippen molar-refractivity contribution in [2.45, 2.75) is 0 Å². The first-order chi connectivity index (χ1) is 4.35. The maximum absolute atomic E-state index is 8.10. The number of nitrogens with zero attached hydrogens (tertiary/aromatic N) is 1. The summed E-state index contributed by atoms with van der Waals surface area (Å²) >= 11 is 10.7. The van der Waals surface area contributed by atoms with E-state index in [0.717, 1.165) is 0 Å². The van der Waals surface area contributed by atoms with Crippen LogP contribution < -0.4 is 0 Å². The third-order valence-electron chi connectivity index (χ3n) is 0.783. The molecule has 0 aliphatic heterocycles. The van der Waals surface area contributed by atoms with Crippen LogP contribution in [0.15, 0.2) is 0 Å². The Morgan fingerprint density at radius 1 is 1.22 bits per heavy atom. The zero-order chi connectivity index (χ0) is 7.11. The summed E-state index contributed by atoms with van der Waals surface area (Å²) < 4.78 is 0. The first-order valence-corrected chi connectivity index (χ1v) is 3.60. The van der Waals surface area contributed by atoms with Gasteiger partial charge < -0.3 is 0 Å². The topological polar surface area (TPSA) is 32.7 Å². The summed E-state index contributed by atoms with van der Waals surface area (Å²) in [5.74, 6) is 0.828. The molecule has 3 nitrogen and oxygen atoms in total. The van der Waals surface area contributed by atoms with E-state index in [1.54, 1.807) is 0 Å². The molecule has 0 aromatic rings. The van der Waals surface area contributed by atoms with Crippen LogP contribution in [0, 0.1) is 0 Å². The molecule has 0 aliphatic carbocycles. The molecule has 0 saturated heterocycles. The molecule has 0 radical (unpaired) electrons. The molecule has 0 spiro atoms. The van der Waals surface area contributed by atoms with E-state index in [2.05, 4.69) is 4.99 Å². The molecule has 0 aromatic heterocycles. The van der Waals surface area contributed by atoms with Gasteiger partial charge in [0.2, 0.25) is 0 Å². The second-order valence-corrected chi connectivity index (χ2v) is 2.14. The molecule has 0 bridgehead atoms. The number of halogens is 2. The quantitative estimate of drug-likeness (QED) is 0.385. The fourth-order valence-corrected chi connectivity index (χ4v) is 0.759. The molecule has 0 aliphatic rings. The average molecular weight is 174 g/mol. The minimum atomic E-state index is 0.414. The van der Waals surface area contributed by atoms with E-state index in [4.69, 9.17) is 28.5 Å². The van der Waals surface area contributed by atoms with E-state index in [0.29, 0.717) is 24.8 Å². The van der Waals surface area contributed by atoms with Crippen molar-refractivity contribution in [3.8, 4) is 0 Å². The summed E-state index contributed by atoms with van der Waals surface area (Å²) in [4.78, 5) is 3.90. The monoisotopic (exact) mass is 173 g/mol. The molecule has 5 heteroatoms. The molecule has 0 amide bonds. The van der Waals surface area contributed by atoms with E-state index in [-0.39, 0.29) is 0 Å². The highest BCUT2D eigenvalue weighted by atomic mass is 35.5. The molecule has 0 saturated carbocycles. The normalized spacial score (nSPS) is 10.7. The fourth-order valence-electron chi connectivity index (χ4n) is 0.382. The van der Waals surface area contributed by atoms with Gasteiger partial charge in [0, 0.05) is 24.8 Å². The van der Waals surface area contributed by atoms with Crippen molar-refractivity contribution < 1.29 is 10.2 Å². The molecule has 9 heavy (non-hydrogen) atoms. The molecule has 0 rings (SSSR count). The van der Waals surface area contributed by atoms with Crippen molar-refractivity contribution in [2.24, 2.45) is 0 Å². The van der Waals surface area contributed by atoms with Crippen LogP contribution in [0.25, 0.3) is 0 Å². The summed E-state index contributed by atoms with van der Waals surface area (Å²) in [5, 5.41) is 9.37. The number of alkyl halides is 2. The first kappa shape index (κ1) is 9.46. The van der Waals surface area contributed by atoms with Gasteiger partial charge in [0.15, 0.2) is 0 Å². The average Bonchev–Trinajstić information content (AvgIpc) is 1.88. The molecule has 0 fully saturated rings. The van der Waals surface area contributed by atoms with Gasteiger partial charge in [-0.1, -0.05) is 0 Å². The number of hydroxylamine groups is 2. The van der Waals surface area contributed by atoms with E-state index >= 15 is 0 Å². The number of hydrogen-bond donors (Lipinski definition) is 1. The summed E-state index contributed by atoms with van der Waals surface area (Å²) in [6.07, 6.45) is 0. The lowest BCUT2D eigenvalue weighted by Crippen LogP contribution is -2.26. The Morgan fingerprint density at radius 2 is 1.67 bits per heavy atom. The molecule has 0 aromatic carbocycles. The Bertz CT molecular complexity index is 58.5. The highest BCUT2D eigenvalue weighted by Crippen LogP contribution is 1.89. The maximum Gasteiger partial charge on any atom is 0.0407 e. The maximum atomic E-state index is 8.10. The first-order valence-electron chi connectivity index (χ1n) is 2.53. The SMILES string of the molecule is OON(CCCl)CCCl. The highest BCUT2D eigenvalue weighted by Gasteiger charge is 2.00. The van der Waals surface area contributed by atoms with E-state index in [1.165, 1.54) is 5.06 Å². The highest BCUT2D eigenvalue weighted by molar-refractivity contribution is 6.18. The van der Waals surface area contributed by atoms with Crippen molar-refractivity contribution >= 4 is 23.2 Å². The number of rotatable bonds is 5. The molecule has 1 N–H and O–H groups in total. The Kier molecular flexibility index (Phi) is 6.91. The van der Waals surface area contributed by atoms with Crippen LogP contribution in [-0.2, 0) is 4.99 Å². The molecular weight excluding hydrogens is 165 g/mol. The van der Waals surface area contributed by atoms with Crippen LogP contribution in [0.3, 0.4) is 0 Å². The zero-order valence-electron chi connectivity index (χ0n) is 4.89. The van der Waals surface area contributed by atoms with Crippen LogP contribution >= 0.6 is 23.2 Å². The van der Waals surface area contributed by atoms with Gasteiger partial charge in [-0.2, -0.15) is 5.06 Å². The van der Waals surface area contributed by atoms with Crippen LogP contribution in [-0.4, -0.2) is 35.2 Å². The molecule has 0 unspecified atom stereocenters. The van der Waals surface area contributed by atoms with Crippen molar-refractivity contribution in [1.82, 2.24) is 5.06 Å². The van der Waals surface area contributed by atoms with Gasteiger partial charge in [0.25, 0.3) is 0 Å². The van der Waals surface area contributed by atoms with Crippen LogP contribution in [0.4, 0.5) is 0 Å². The molecule has 0 atom stereocenters. The van der Waals surface area contributed by atoms with Gasteiger partial charge in [0.05, 0.1) is 0 Å². The Balaban J connectivity index is 3.18. The van der Waals surface area contributed by atoms with Crippen molar-refractivity contribution in [3.05, 3.63) is 0 Å². The predicted octanol–water partition coefficient (Wildman–Crippen LogP) is 1.17. The van der Waals surface area contributed by atoms with Gasteiger partial charge in [-0.3, -0.25) is 0 Å². The lowest BCUT2D eigenvalue weighted by Gasteiger charge is -2.12. The van der Waals surface area contributed by atoms with Crippen LogP contribution in [0.1, 0.15) is 0 Å². The van der Waals surface area contributed by atoms with E-state index in [9.17, 15) is 0 Å². The molecule has 0 heterocycles. The Morgan fingerprint density at radius 3 is 1.89 bits per heavy atom. The smallest absolute Gasteiger partial charge is 0.0407 e. The molecule has 56 valence electrons. The summed E-state index contributed by atoms with van der Waals surface area (Å²) in [6, 6.07) is 0. The second-order valence-electron chi connectivity index (χ2n) is 1.39. The standard InChI is InChI=1S/C4H9Cl2NO2/c5-1-3-7(9-8)4-2-6/h8H,1-4H2. The van der Waals surface area contributed by atoms with Crippen molar-refractivity contribution in [3.63, 3.8) is 0 Å². The van der Waals surface area contributed by atoms with Crippen molar-refractivity contribution in [2.75, 3.05) is 24.8 Å². The predicted molar refractivity (Wildman–Crippen MR) is 36.7 cm³/mol. The lowest BCUT2D eigenvalue weighted by molar-refractivity contribution is -0.393. The number of hydrogen-bond acceptors (Lipinski definition) is 3. The lowest BCUT2D eigenvalue weighted by atomic mass is 10.6. The van der Waals surface area contributed by atoms with Crippen molar-refractivity contribution in [1.29, 1.82) is 0 Å². The van der Waals surface area contributed by atoms with Crippen LogP contribution in [0.5, 0.6) is 0 Å². The summed E-state index contributed by atoms with van der Waals surface area (Å²) in [7, 11) is 0. The van der Waals surface area contributed by atoms with Gasteiger partial charge in [-0.25, -0.2) is 5.26 Å². The minimum Gasteiger partial charge on any atom is -0.233 e. The fraction of sp³-hybridized carbons (Fsp3) is 1.00. The Labute approximate surface area is 64.0 Å². The van der Waals surface area contributed by atoms with Gasteiger partial charge in [-0.05, 0) is 0 Å². The van der Waals surface area contributed by atoms with E-state index in [1.807, 2.05) is 0 Å². The summed E-state index contributed by atoms with van der Waals surface area (Å²) in [5.41, 5.74) is 0. The minimum absolute atomic E-state index is 0.414. The van der Waals surface area contributed by atoms with Gasteiger partial charge >= 0.3 is 0 Å². The summed E-state index contributed by atoms with van der Waals surface area (Å²) in [6.45, 7) is 0.954. The van der Waals surface area contributed by atoms with E-state index < -0.39 is 0 Å². The zero-order valence-corrected chi connectivity index (χ0v) is 6.40.